The van der Waals surface area contributed by atoms with Crippen molar-refractivity contribution in [2.45, 2.75) is 26.7 Å². The van der Waals surface area contributed by atoms with Crippen molar-refractivity contribution in [1.82, 2.24) is 9.78 Å². The van der Waals surface area contributed by atoms with Crippen LogP contribution in [0.15, 0.2) is 12.1 Å². The Morgan fingerprint density at radius 1 is 1.19 bits per heavy atom. The van der Waals surface area contributed by atoms with Gasteiger partial charge in [0.1, 0.15) is 0 Å². The molecular formula is C15H15F3N2O. The van der Waals surface area contributed by atoms with E-state index in [-0.39, 0.29) is 6.42 Å². The smallest absolute Gasteiger partial charge is 0.195 e. The zero-order valence-corrected chi connectivity index (χ0v) is 12.0. The van der Waals surface area contributed by atoms with Gasteiger partial charge < -0.3 is 0 Å². The number of carbonyl (C=O) groups excluding carboxylic acids is 1. The van der Waals surface area contributed by atoms with Crippen molar-refractivity contribution in [3.05, 3.63) is 52.1 Å². The highest BCUT2D eigenvalue weighted by Crippen LogP contribution is 2.19. The van der Waals surface area contributed by atoms with Gasteiger partial charge in [0.15, 0.2) is 23.2 Å². The minimum Gasteiger partial charge on any atom is -0.294 e. The van der Waals surface area contributed by atoms with E-state index in [1.807, 2.05) is 13.8 Å². The maximum atomic E-state index is 13.5. The average Bonchev–Trinajstić information content (AvgIpc) is 2.67. The summed E-state index contributed by atoms with van der Waals surface area (Å²) in [7, 11) is 1.79. The van der Waals surface area contributed by atoms with Gasteiger partial charge in [0.05, 0.1) is 11.3 Å². The van der Waals surface area contributed by atoms with Gasteiger partial charge in [0.2, 0.25) is 0 Å². The molecule has 0 unspecified atom stereocenters. The minimum absolute atomic E-state index is 0.00929. The van der Waals surface area contributed by atoms with E-state index in [1.54, 1.807) is 11.7 Å². The highest BCUT2D eigenvalue weighted by molar-refractivity contribution is 5.96. The molecule has 0 amide bonds. The van der Waals surface area contributed by atoms with Crippen LogP contribution in [0, 0.1) is 31.3 Å². The highest BCUT2D eigenvalue weighted by Gasteiger charge is 2.19. The lowest BCUT2D eigenvalue weighted by Crippen LogP contribution is -2.07. The van der Waals surface area contributed by atoms with Gasteiger partial charge in [-0.2, -0.15) is 5.10 Å². The van der Waals surface area contributed by atoms with Crippen LogP contribution in [0.4, 0.5) is 13.2 Å². The second-order valence-electron chi connectivity index (χ2n) is 4.92. The van der Waals surface area contributed by atoms with Gasteiger partial charge in [0.25, 0.3) is 0 Å². The Kier molecular flexibility index (Phi) is 4.16. The predicted molar refractivity (Wildman–Crippen MR) is 71.6 cm³/mol. The van der Waals surface area contributed by atoms with Crippen molar-refractivity contribution in [1.29, 1.82) is 0 Å². The fraction of sp³-hybridized carbons (Fsp3) is 0.333. The van der Waals surface area contributed by atoms with E-state index in [0.717, 1.165) is 29.1 Å². The Hall–Kier alpha value is -2.11. The molecule has 0 fully saturated rings. The van der Waals surface area contributed by atoms with Crippen LogP contribution >= 0.6 is 0 Å². The van der Waals surface area contributed by atoms with Gasteiger partial charge >= 0.3 is 0 Å². The number of aromatic nitrogens is 2. The van der Waals surface area contributed by atoms with Crippen LogP contribution in [-0.4, -0.2) is 15.6 Å². The Balaban J connectivity index is 2.18. The number of carbonyl (C=O) groups is 1. The van der Waals surface area contributed by atoms with Crippen LogP contribution in [0.2, 0.25) is 0 Å². The molecule has 2 rings (SSSR count). The molecule has 1 aromatic heterocycles. The summed E-state index contributed by atoms with van der Waals surface area (Å²) in [5.74, 6) is -4.91. The van der Waals surface area contributed by atoms with E-state index >= 15 is 0 Å². The van der Waals surface area contributed by atoms with Crippen LogP contribution in [-0.2, 0) is 13.5 Å². The summed E-state index contributed by atoms with van der Waals surface area (Å²) in [6.07, 6.45) is 0.387. The summed E-state index contributed by atoms with van der Waals surface area (Å²) in [6.45, 7) is 3.70. The zero-order chi connectivity index (χ0) is 15.7. The quantitative estimate of drug-likeness (QED) is 0.641. The van der Waals surface area contributed by atoms with Crippen molar-refractivity contribution in [2.24, 2.45) is 7.05 Å². The van der Waals surface area contributed by atoms with Crippen molar-refractivity contribution < 1.29 is 18.0 Å². The van der Waals surface area contributed by atoms with Crippen molar-refractivity contribution >= 4 is 5.78 Å². The van der Waals surface area contributed by atoms with Crippen LogP contribution in [0.25, 0.3) is 0 Å². The molecule has 2 aromatic rings. The molecule has 0 aliphatic rings. The third-order valence-electron chi connectivity index (χ3n) is 3.60. The van der Waals surface area contributed by atoms with E-state index in [2.05, 4.69) is 5.10 Å². The molecule has 0 spiro atoms. The second-order valence-corrected chi connectivity index (χ2v) is 4.92. The molecule has 0 atom stereocenters. The number of halogens is 3. The second kappa shape index (κ2) is 5.71. The summed E-state index contributed by atoms with van der Waals surface area (Å²) in [5, 5.41) is 4.23. The van der Waals surface area contributed by atoms with Gasteiger partial charge in [-0.25, -0.2) is 13.2 Å². The fourth-order valence-corrected chi connectivity index (χ4v) is 2.29. The first-order valence-electron chi connectivity index (χ1n) is 6.48. The molecule has 6 heteroatoms. The lowest BCUT2D eigenvalue weighted by molar-refractivity contribution is 0.0977. The zero-order valence-electron chi connectivity index (χ0n) is 12.0. The van der Waals surface area contributed by atoms with E-state index in [4.69, 9.17) is 0 Å². The molecule has 112 valence electrons. The topological polar surface area (TPSA) is 34.9 Å². The molecule has 1 aromatic carbocycles. The van der Waals surface area contributed by atoms with Crippen molar-refractivity contribution in [2.75, 3.05) is 0 Å². The molecule has 21 heavy (non-hydrogen) atoms. The fourth-order valence-electron chi connectivity index (χ4n) is 2.29. The average molecular weight is 296 g/mol. The molecule has 0 bridgehead atoms. The number of aryl methyl sites for hydroxylation is 2. The predicted octanol–water partition coefficient (Wildman–Crippen LogP) is 3.27. The molecule has 0 aliphatic carbocycles. The van der Waals surface area contributed by atoms with Crippen LogP contribution in [0.5, 0.6) is 0 Å². The lowest BCUT2D eigenvalue weighted by Gasteiger charge is -2.05. The Labute approximate surface area is 120 Å². The first-order chi connectivity index (χ1) is 9.82. The number of Topliss-reactive ketones (excluding diaryl/α,β-unsaturated/α-hetero) is 1. The van der Waals surface area contributed by atoms with E-state index < -0.39 is 28.8 Å². The summed E-state index contributed by atoms with van der Waals surface area (Å²) < 4.78 is 41.2. The first-order valence-corrected chi connectivity index (χ1v) is 6.48. The molecule has 0 saturated heterocycles. The third-order valence-corrected chi connectivity index (χ3v) is 3.60. The Morgan fingerprint density at radius 3 is 2.43 bits per heavy atom. The minimum atomic E-state index is -1.62. The molecule has 0 aliphatic heterocycles. The normalized spacial score (nSPS) is 11.0. The maximum absolute atomic E-state index is 13.5. The summed E-state index contributed by atoms with van der Waals surface area (Å²) in [5.41, 5.74) is 2.21. The molecule has 1 heterocycles. The molecule has 0 saturated carbocycles. The summed E-state index contributed by atoms with van der Waals surface area (Å²) >= 11 is 0. The van der Waals surface area contributed by atoms with Gasteiger partial charge in [-0.1, -0.05) is 0 Å². The van der Waals surface area contributed by atoms with E-state index in [0.29, 0.717) is 6.42 Å². The van der Waals surface area contributed by atoms with Gasteiger partial charge in [-0.05, 0) is 38.0 Å². The van der Waals surface area contributed by atoms with Crippen LogP contribution in [0.3, 0.4) is 0 Å². The van der Waals surface area contributed by atoms with Gasteiger partial charge in [0, 0.05) is 19.2 Å². The SMILES string of the molecule is Cc1nn(C)c(C)c1CCC(=O)c1ccc(F)c(F)c1F. The number of rotatable bonds is 4. The van der Waals surface area contributed by atoms with Crippen molar-refractivity contribution in [3.8, 4) is 0 Å². The maximum Gasteiger partial charge on any atom is 0.195 e. The number of ketones is 1. The largest absolute Gasteiger partial charge is 0.294 e. The lowest BCUT2D eigenvalue weighted by atomic mass is 10.0. The van der Waals surface area contributed by atoms with Gasteiger partial charge in [-0.3, -0.25) is 9.48 Å². The number of hydrogen-bond acceptors (Lipinski definition) is 2. The Bertz CT molecular complexity index is 707. The number of benzene rings is 1. The molecular weight excluding hydrogens is 281 g/mol. The standard InChI is InChI=1S/C15H15F3N2O/c1-8-10(9(2)20(3)19-8)5-7-13(21)11-4-6-12(16)15(18)14(11)17/h4,6H,5,7H2,1-3H3. The number of hydrogen-bond donors (Lipinski definition) is 0. The first kappa shape index (κ1) is 15.3. The number of nitrogens with zero attached hydrogens (tertiary/aromatic N) is 2. The summed E-state index contributed by atoms with van der Waals surface area (Å²) in [4.78, 5) is 12.0. The van der Waals surface area contributed by atoms with Gasteiger partial charge in [-0.15, -0.1) is 0 Å². The monoisotopic (exact) mass is 296 g/mol. The molecule has 3 nitrogen and oxygen atoms in total. The Morgan fingerprint density at radius 2 is 1.86 bits per heavy atom. The molecule has 0 radical (unpaired) electrons. The summed E-state index contributed by atoms with van der Waals surface area (Å²) in [6, 6.07) is 1.73. The highest BCUT2D eigenvalue weighted by atomic mass is 19.2. The van der Waals surface area contributed by atoms with Crippen LogP contribution < -0.4 is 0 Å². The van der Waals surface area contributed by atoms with E-state index in [9.17, 15) is 18.0 Å². The third kappa shape index (κ3) is 2.84. The molecule has 0 N–H and O–H groups in total. The van der Waals surface area contributed by atoms with Crippen molar-refractivity contribution in [3.63, 3.8) is 0 Å². The van der Waals surface area contributed by atoms with Crippen LogP contribution in [0.1, 0.15) is 33.7 Å². The van der Waals surface area contributed by atoms with E-state index in [1.165, 1.54) is 0 Å².